The predicted octanol–water partition coefficient (Wildman–Crippen LogP) is 1.78. The summed E-state index contributed by atoms with van der Waals surface area (Å²) < 4.78 is 5.30. The highest BCUT2D eigenvalue weighted by Crippen LogP contribution is 2.28. The van der Waals surface area contributed by atoms with Gasteiger partial charge >= 0.3 is 5.97 Å². The van der Waals surface area contributed by atoms with E-state index in [-0.39, 0.29) is 5.91 Å². The van der Waals surface area contributed by atoms with Crippen LogP contribution in [-0.2, 0) is 4.79 Å². The van der Waals surface area contributed by atoms with Crippen molar-refractivity contribution < 1.29 is 19.4 Å². The van der Waals surface area contributed by atoms with Crippen LogP contribution >= 0.6 is 11.8 Å². The van der Waals surface area contributed by atoms with E-state index in [9.17, 15) is 14.7 Å². The Labute approximate surface area is 121 Å². The Morgan fingerprint density at radius 1 is 1.40 bits per heavy atom. The molecule has 0 aromatic heterocycles. The molecule has 1 atom stereocenters. The lowest BCUT2D eigenvalue weighted by Gasteiger charge is -2.24. The zero-order chi connectivity index (χ0) is 14.6. The minimum absolute atomic E-state index is 0.363. The average Bonchev–Trinajstić information content (AvgIpc) is 2.90. The molecule has 108 valence electrons. The largest absolute Gasteiger partial charge is 0.494 e. The highest BCUT2D eigenvalue weighted by molar-refractivity contribution is 7.99. The minimum Gasteiger partial charge on any atom is -0.494 e. The van der Waals surface area contributed by atoms with Gasteiger partial charge in [0.1, 0.15) is 11.3 Å². The lowest BCUT2D eigenvalue weighted by atomic mass is 9.98. The number of carboxylic acid groups (broad SMARTS) is 1. The number of carboxylic acids is 1. The molecule has 1 amide bonds. The third-order valence-corrected chi connectivity index (χ3v) is 4.40. The Kier molecular flexibility index (Phi) is 4.54. The van der Waals surface area contributed by atoms with Crippen molar-refractivity contribution in [1.82, 2.24) is 5.32 Å². The third kappa shape index (κ3) is 3.07. The van der Waals surface area contributed by atoms with Crippen LogP contribution in [0.15, 0.2) is 24.3 Å². The maximum absolute atomic E-state index is 12.2. The van der Waals surface area contributed by atoms with Crippen LogP contribution in [0.2, 0.25) is 0 Å². The van der Waals surface area contributed by atoms with Gasteiger partial charge < -0.3 is 15.2 Å². The number of carbonyl (C=O) groups excluding carboxylic acids is 1. The summed E-state index contributed by atoms with van der Waals surface area (Å²) >= 11 is 1.54. The number of thioether (sulfide) groups is 1. The van der Waals surface area contributed by atoms with Crippen LogP contribution < -0.4 is 10.1 Å². The van der Waals surface area contributed by atoms with E-state index in [4.69, 9.17) is 4.74 Å². The molecular weight excluding hydrogens is 278 g/mol. The number of nitrogens with one attached hydrogen (secondary N) is 1. The van der Waals surface area contributed by atoms with E-state index in [1.54, 1.807) is 36.0 Å². The maximum Gasteiger partial charge on any atom is 0.330 e. The molecule has 20 heavy (non-hydrogen) atoms. The predicted molar refractivity (Wildman–Crippen MR) is 77.4 cm³/mol. The van der Waals surface area contributed by atoms with Crippen molar-refractivity contribution in [1.29, 1.82) is 0 Å². The molecule has 0 aliphatic carbocycles. The molecule has 0 radical (unpaired) electrons. The van der Waals surface area contributed by atoms with Gasteiger partial charge in [0.15, 0.2) is 0 Å². The lowest BCUT2D eigenvalue weighted by molar-refractivity contribution is -0.143. The second-order valence-corrected chi connectivity index (χ2v) is 5.71. The van der Waals surface area contributed by atoms with Gasteiger partial charge in [-0.1, -0.05) is 0 Å². The molecule has 0 bridgehead atoms. The van der Waals surface area contributed by atoms with Gasteiger partial charge in [0.05, 0.1) is 6.61 Å². The summed E-state index contributed by atoms with van der Waals surface area (Å²) in [4.78, 5) is 23.5. The molecule has 6 heteroatoms. The van der Waals surface area contributed by atoms with Crippen LogP contribution in [0.3, 0.4) is 0 Å². The van der Waals surface area contributed by atoms with Gasteiger partial charge in [-0.3, -0.25) is 4.79 Å². The maximum atomic E-state index is 12.2. The smallest absolute Gasteiger partial charge is 0.330 e. The van der Waals surface area contributed by atoms with Crippen LogP contribution in [-0.4, -0.2) is 40.6 Å². The second kappa shape index (κ2) is 6.17. The highest BCUT2D eigenvalue weighted by Gasteiger charge is 2.43. The SMILES string of the molecule is CCOc1ccc(C(=O)N[C@@]2(C(=O)O)CCSC2)cc1. The summed E-state index contributed by atoms with van der Waals surface area (Å²) in [5, 5.41) is 12.0. The van der Waals surface area contributed by atoms with Crippen molar-refractivity contribution in [2.24, 2.45) is 0 Å². The molecular formula is C14H17NO4S. The number of hydrogen-bond donors (Lipinski definition) is 2. The number of ether oxygens (including phenoxy) is 1. The summed E-state index contributed by atoms with van der Waals surface area (Å²) in [6.07, 6.45) is 0.454. The zero-order valence-corrected chi connectivity index (χ0v) is 12.0. The fourth-order valence-corrected chi connectivity index (χ4v) is 3.37. The highest BCUT2D eigenvalue weighted by atomic mass is 32.2. The van der Waals surface area contributed by atoms with Crippen LogP contribution in [0.5, 0.6) is 5.75 Å². The summed E-state index contributed by atoms with van der Waals surface area (Å²) in [6, 6.07) is 6.68. The molecule has 5 nitrogen and oxygen atoms in total. The number of hydrogen-bond acceptors (Lipinski definition) is 4. The van der Waals surface area contributed by atoms with Gasteiger partial charge in [-0.25, -0.2) is 4.79 Å². The van der Waals surface area contributed by atoms with Crippen molar-refractivity contribution in [2.75, 3.05) is 18.1 Å². The van der Waals surface area contributed by atoms with Gasteiger partial charge in [-0.05, 0) is 43.4 Å². The minimum atomic E-state index is -1.14. The molecule has 1 heterocycles. The van der Waals surface area contributed by atoms with E-state index < -0.39 is 11.5 Å². The molecule has 1 aliphatic rings. The van der Waals surface area contributed by atoms with E-state index in [0.717, 1.165) is 5.75 Å². The first kappa shape index (κ1) is 14.7. The normalized spacial score (nSPS) is 21.4. The molecule has 0 spiro atoms. The van der Waals surface area contributed by atoms with E-state index in [0.29, 0.717) is 30.1 Å². The molecule has 2 N–H and O–H groups in total. The Hall–Kier alpha value is -1.69. The van der Waals surface area contributed by atoms with Crippen LogP contribution in [0.25, 0.3) is 0 Å². The fraction of sp³-hybridized carbons (Fsp3) is 0.429. The van der Waals surface area contributed by atoms with Gasteiger partial charge in [0.2, 0.25) is 0 Å². The number of amides is 1. The van der Waals surface area contributed by atoms with E-state index in [2.05, 4.69) is 5.32 Å². The Morgan fingerprint density at radius 3 is 2.60 bits per heavy atom. The van der Waals surface area contributed by atoms with Crippen LogP contribution in [0, 0.1) is 0 Å². The summed E-state index contributed by atoms with van der Waals surface area (Å²) in [7, 11) is 0. The standard InChI is InChI=1S/C14H17NO4S/c1-2-19-11-5-3-10(4-6-11)12(16)15-14(13(17)18)7-8-20-9-14/h3-6H,2,7-9H2,1H3,(H,15,16)(H,17,18)/t14-/m0/s1. The Balaban J connectivity index is 2.09. The van der Waals surface area contributed by atoms with E-state index in [1.807, 2.05) is 6.92 Å². The summed E-state index contributed by atoms with van der Waals surface area (Å²) in [5.74, 6) is 0.509. The molecule has 1 fully saturated rings. The van der Waals surface area contributed by atoms with Gasteiger partial charge in [0.25, 0.3) is 5.91 Å². The lowest BCUT2D eigenvalue weighted by Crippen LogP contribution is -2.54. The van der Waals surface area contributed by atoms with Gasteiger partial charge in [-0.15, -0.1) is 0 Å². The van der Waals surface area contributed by atoms with Crippen molar-refractivity contribution >= 4 is 23.6 Å². The quantitative estimate of drug-likeness (QED) is 0.866. The van der Waals surface area contributed by atoms with Crippen LogP contribution in [0.1, 0.15) is 23.7 Å². The second-order valence-electron chi connectivity index (χ2n) is 4.60. The topological polar surface area (TPSA) is 75.6 Å². The number of aliphatic carboxylic acids is 1. The molecule has 1 aromatic rings. The van der Waals surface area contributed by atoms with E-state index in [1.165, 1.54) is 0 Å². The van der Waals surface area contributed by atoms with Gasteiger partial charge in [0, 0.05) is 11.3 Å². The number of rotatable bonds is 5. The molecule has 1 aromatic carbocycles. The molecule has 2 rings (SSSR count). The van der Waals surface area contributed by atoms with Crippen molar-refractivity contribution in [3.63, 3.8) is 0 Å². The van der Waals surface area contributed by atoms with Crippen molar-refractivity contribution in [3.8, 4) is 5.75 Å². The molecule has 1 aliphatic heterocycles. The molecule has 1 saturated heterocycles. The average molecular weight is 295 g/mol. The summed E-state index contributed by atoms with van der Waals surface area (Å²) in [6.45, 7) is 2.44. The summed E-state index contributed by atoms with van der Waals surface area (Å²) in [5.41, 5.74) is -0.702. The molecule has 0 unspecified atom stereocenters. The van der Waals surface area contributed by atoms with Crippen LogP contribution in [0.4, 0.5) is 0 Å². The van der Waals surface area contributed by atoms with E-state index >= 15 is 0 Å². The van der Waals surface area contributed by atoms with Crippen molar-refractivity contribution in [2.45, 2.75) is 18.9 Å². The Morgan fingerprint density at radius 2 is 2.10 bits per heavy atom. The third-order valence-electron chi connectivity index (χ3n) is 3.21. The van der Waals surface area contributed by atoms with Gasteiger partial charge in [-0.2, -0.15) is 11.8 Å². The zero-order valence-electron chi connectivity index (χ0n) is 11.2. The number of carbonyl (C=O) groups is 2. The van der Waals surface area contributed by atoms with Crippen molar-refractivity contribution in [3.05, 3.63) is 29.8 Å². The first-order valence-electron chi connectivity index (χ1n) is 6.44. The Bertz CT molecular complexity index is 494. The molecule has 0 saturated carbocycles. The number of benzene rings is 1. The monoisotopic (exact) mass is 295 g/mol. The first-order chi connectivity index (χ1) is 9.57. The first-order valence-corrected chi connectivity index (χ1v) is 7.59. The fourth-order valence-electron chi connectivity index (χ4n) is 2.04.